The monoisotopic (exact) mass is 439 g/mol. The third-order valence-electron chi connectivity index (χ3n) is 7.24. The van der Waals surface area contributed by atoms with Crippen molar-refractivity contribution in [3.05, 3.63) is 29.8 Å². The first-order valence-corrected chi connectivity index (χ1v) is 12.1. The third kappa shape index (κ3) is 4.35. The Hall–Kier alpha value is -2.35. The van der Waals surface area contributed by atoms with Gasteiger partial charge in [0.25, 0.3) is 0 Å². The molecular weight excluding hydrogens is 410 g/mol. The molecule has 0 aliphatic heterocycles. The van der Waals surface area contributed by atoms with Crippen LogP contribution in [0.25, 0.3) is 0 Å². The largest absolute Gasteiger partial charge is 0.497 e. The molecule has 0 spiro atoms. The lowest BCUT2D eigenvalue weighted by molar-refractivity contribution is -0.133. The van der Waals surface area contributed by atoms with Crippen LogP contribution in [0, 0.1) is 29.6 Å². The number of thioether (sulfide) groups is 1. The standard InChI is InChI=1S/C23H29N5O2S/c1-13(16-3-5-19(30-2)6-4-16)25-26-22-24-23(28-27-22)31-12-20(29)21-17-8-14-7-15(10-17)11-18(21)9-14/h3-6,14-15,17-18,21H,7-12H2,1-2H3,(H2,24,26,27,28). The number of methoxy groups -OCH3 is 1. The predicted molar refractivity (Wildman–Crippen MR) is 121 cm³/mol. The number of nitrogens with one attached hydrogen (secondary N) is 2. The first-order valence-electron chi connectivity index (χ1n) is 11.1. The van der Waals surface area contributed by atoms with Crippen molar-refractivity contribution in [2.45, 2.75) is 44.2 Å². The molecule has 2 N–H and O–H groups in total. The van der Waals surface area contributed by atoms with E-state index in [0.29, 0.717) is 34.5 Å². The first-order chi connectivity index (χ1) is 15.1. The highest BCUT2D eigenvalue weighted by Crippen LogP contribution is 2.56. The number of Topliss-reactive ketones (excluding diaryl/α,β-unsaturated/α-hetero) is 1. The number of hydrogen-bond acceptors (Lipinski definition) is 7. The van der Waals surface area contributed by atoms with Crippen LogP contribution in [0.4, 0.5) is 5.95 Å². The molecule has 31 heavy (non-hydrogen) atoms. The number of hydrazone groups is 1. The molecular formula is C23H29N5O2S. The maximum Gasteiger partial charge on any atom is 0.240 e. The lowest BCUT2D eigenvalue weighted by Crippen LogP contribution is -2.48. The minimum absolute atomic E-state index is 0.272. The molecule has 2 aromatic rings. The van der Waals surface area contributed by atoms with Gasteiger partial charge in [0.05, 0.1) is 18.6 Å². The number of benzene rings is 1. The van der Waals surface area contributed by atoms with Gasteiger partial charge in [0.1, 0.15) is 11.5 Å². The number of aromatic nitrogens is 3. The van der Waals surface area contributed by atoms with Crippen molar-refractivity contribution in [1.82, 2.24) is 15.2 Å². The van der Waals surface area contributed by atoms with Crippen molar-refractivity contribution in [3.8, 4) is 5.75 Å². The zero-order valence-corrected chi connectivity index (χ0v) is 18.8. The molecule has 4 aliphatic rings. The molecule has 0 atom stereocenters. The second-order valence-corrected chi connectivity index (χ2v) is 10.2. The van der Waals surface area contributed by atoms with E-state index < -0.39 is 0 Å². The van der Waals surface area contributed by atoms with E-state index in [1.54, 1.807) is 7.11 Å². The topological polar surface area (TPSA) is 92.3 Å². The van der Waals surface area contributed by atoms with Gasteiger partial charge >= 0.3 is 0 Å². The maximum absolute atomic E-state index is 13.0. The van der Waals surface area contributed by atoms with Gasteiger partial charge in [-0.25, -0.2) is 10.5 Å². The molecule has 6 rings (SSSR count). The molecule has 0 saturated heterocycles. The Morgan fingerprint density at radius 2 is 1.84 bits per heavy atom. The zero-order valence-electron chi connectivity index (χ0n) is 18.0. The predicted octanol–water partition coefficient (Wildman–Crippen LogP) is 4.38. The summed E-state index contributed by atoms with van der Waals surface area (Å²) in [6.07, 6.45) is 6.50. The van der Waals surface area contributed by atoms with E-state index in [9.17, 15) is 4.79 Å². The Labute approximate surface area is 186 Å². The van der Waals surface area contributed by atoms with Gasteiger partial charge in [-0.1, -0.05) is 11.8 Å². The Kier molecular flexibility index (Phi) is 5.73. The van der Waals surface area contributed by atoms with Gasteiger partial charge in [0.15, 0.2) is 0 Å². The second-order valence-electron chi connectivity index (χ2n) is 9.22. The van der Waals surface area contributed by atoms with Crippen LogP contribution < -0.4 is 10.2 Å². The van der Waals surface area contributed by atoms with Crippen molar-refractivity contribution in [2.75, 3.05) is 18.3 Å². The molecule has 8 heteroatoms. The summed E-state index contributed by atoms with van der Waals surface area (Å²) in [6, 6.07) is 7.71. The molecule has 164 valence electrons. The number of anilines is 1. The van der Waals surface area contributed by atoms with Crippen molar-refractivity contribution >= 4 is 29.2 Å². The van der Waals surface area contributed by atoms with Crippen LogP contribution in [0.5, 0.6) is 5.75 Å². The van der Waals surface area contributed by atoms with Crippen molar-refractivity contribution in [3.63, 3.8) is 0 Å². The SMILES string of the molecule is COc1ccc(C(C)=NNc2nc(SCC(=O)C3C4CC5CC(C4)CC3C5)n[nH]2)cc1. The van der Waals surface area contributed by atoms with E-state index in [-0.39, 0.29) is 5.92 Å². The minimum atomic E-state index is 0.272. The number of aromatic amines is 1. The molecule has 0 amide bonds. The third-order valence-corrected chi connectivity index (χ3v) is 8.11. The molecule has 0 unspecified atom stereocenters. The van der Waals surface area contributed by atoms with Gasteiger partial charge in [-0.05, 0) is 92.5 Å². The first kappa shape index (κ1) is 20.5. The van der Waals surface area contributed by atoms with E-state index in [4.69, 9.17) is 4.74 Å². The van der Waals surface area contributed by atoms with E-state index >= 15 is 0 Å². The Bertz CT molecular complexity index is 943. The molecule has 1 aromatic heterocycles. The van der Waals surface area contributed by atoms with Crippen LogP contribution in [-0.2, 0) is 4.79 Å². The number of rotatable bonds is 8. The maximum atomic E-state index is 13.0. The van der Waals surface area contributed by atoms with Crippen LogP contribution in [0.15, 0.2) is 34.5 Å². The number of ether oxygens (including phenoxy) is 1. The summed E-state index contributed by atoms with van der Waals surface area (Å²) >= 11 is 1.42. The molecule has 4 fully saturated rings. The van der Waals surface area contributed by atoms with Gasteiger partial charge < -0.3 is 4.74 Å². The number of nitrogens with zero attached hydrogens (tertiary/aromatic N) is 3. The fourth-order valence-corrected chi connectivity index (χ4v) is 6.81. The smallest absolute Gasteiger partial charge is 0.240 e. The molecule has 4 saturated carbocycles. The van der Waals surface area contributed by atoms with Crippen LogP contribution >= 0.6 is 11.8 Å². The van der Waals surface area contributed by atoms with E-state index in [2.05, 4.69) is 25.7 Å². The fraction of sp³-hybridized carbons (Fsp3) is 0.565. The Balaban J connectivity index is 1.14. The quantitative estimate of drug-likeness (QED) is 0.360. The molecule has 7 nitrogen and oxygen atoms in total. The van der Waals surface area contributed by atoms with E-state index in [1.165, 1.54) is 43.9 Å². The fourth-order valence-electron chi connectivity index (χ4n) is 6.08. The number of hydrogen-bond donors (Lipinski definition) is 2. The summed E-state index contributed by atoms with van der Waals surface area (Å²) in [5, 5.41) is 12.0. The Morgan fingerprint density at radius 1 is 1.16 bits per heavy atom. The van der Waals surface area contributed by atoms with Crippen LogP contribution in [0.3, 0.4) is 0 Å². The lowest BCUT2D eigenvalue weighted by Gasteiger charge is -2.53. The van der Waals surface area contributed by atoms with Gasteiger partial charge in [-0.15, -0.1) is 5.10 Å². The number of carbonyl (C=O) groups excluding carboxylic acids is 1. The van der Waals surface area contributed by atoms with Crippen molar-refractivity contribution < 1.29 is 9.53 Å². The van der Waals surface area contributed by atoms with Gasteiger partial charge in [-0.2, -0.15) is 10.1 Å². The average molecular weight is 440 g/mol. The van der Waals surface area contributed by atoms with Crippen molar-refractivity contribution in [1.29, 1.82) is 0 Å². The molecule has 4 bridgehead atoms. The summed E-state index contributed by atoms with van der Waals surface area (Å²) in [5.74, 6) is 5.44. The zero-order chi connectivity index (χ0) is 21.4. The summed E-state index contributed by atoms with van der Waals surface area (Å²) in [5.41, 5.74) is 4.73. The van der Waals surface area contributed by atoms with Gasteiger partial charge in [0.2, 0.25) is 11.1 Å². The van der Waals surface area contributed by atoms with Crippen LogP contribution in [0.1, 0.15) is 44.6 Å². The summed E-state index contributed by atoms with van der Waals surface area (Å²) in [4.78, 5) is 17.4. The van der Waals surface area contributed by atoms with Gasteiger partial charge in [-0.3, -0.25) is 4.79 Å². The highest BCUT2D eigenvalue weighted by Gasteiger charge is 2.50. The van der Waals surface area contributed by atoms with Crippen molar-refractivity contribution in [2.24, 2.45) is 34.7 Å². The molecule has 4 aliphatic carbocycles. The van der Waals surface area contributed by atoms with Crippen LogP contribution in [0.2, 0.25) is 0 Å². The number of ketones is 1. The minimum Gasteiger partial charge on any atom is -0.497 e. The Morgan fingerprint density at radius 3 is 2.48 bits per heavy atom. The van der Waals surface area contributed by atoms with Gasteiger partial charge in [0, 0.05) is 5.92 Å². The average Bonchev–Trinajstić information content (AvgIpc) is 3.23. The summed E-state index contributed by atoms with van der Waals surface area (Å²) in [7, 11) is 1.65. The van der Waals surface area contributed by atoms with Crippen LogP contribution in [-0.4, -0.2) is 39.5 Å². The summed E-state index contributed by atoms with van der Waals surface area (Å²) in [6.45, 7) is 1.92. The lowest BCUT2D eigenvalue weighted by atomic mass is 9.51. The van der Waals surface area contributed by atoms with E-state index in [0.717, 1.165) is 28.9 Å². The number of H-pyrrole nitrogens is 1. The van der Waals surface area contributed by atoms with E-state index in [1.807, 2.05) is 31.2 Å². The molecule has 1 heterocycles. The normalized spacial score (nSPS) is 29.2. The highest BCUT2D eigenvalue weighted by atomic mass is 32.2. The molecule has 1 aromatic carbocycles. The summed E-state index contributed by atoms with van der Waals surface area (Å²) < 4.78 is 5.18. The highest BCUT2D eigenvalue weighted by molar-refractivity contribution is 7.99. The molecule has 0 radical (unpaired) electrons. The second kappa shape index (κ2) is 8.65. The number of carbonyl (C=O) groups is 1.